The van der Waals surface area contributed by atoms with Gasteiger partial charge >= 0.3 is 0 Å². The van der Waals surface area contributed by atoms with Crippen LogP contribution in [0.5, 0.6) is 11.5 Å². The van der Waals surface area contributed by atoms with Crippen molar-refractivity contribution < 1.29 is 14.3 Å². The molecule has 1 aromatic carbocycles. The molecule has 1 aliphatic heterocycles. The number of hydrogen-bond acceptors (Lipinski definition) is 4. The number of fused-ring (bicyclic) bond motifs is 1. The van der Waals surface area contributed by atoms with Crippen molar-refractivity contribution in [2.24, 2.45) is 5.92 Å². The summed E-state index contributed by atoms with van der Waals surface area (Å²) in [6, 6.07) is 5.68. The van der Waals surface area contributed by atoms with Crippen molar-refractivity contribution in [2.45, 2.75) is 19.9 Å². The summed E-state index contributed by atoms with van der Waals surface area (Å²) in [5.74, 6) is 1.48. The summed E-state index contributed by atoms with van der Waals surface area (Å²) < 4.78 is 10.6. The van der Waals surface area contributed by atoms with Gasteiger partial charge in [0.05, 0.1) is 6.04 Å². The summed E-state index contributed by atoms with van der Waals surface area (Å²) in [5, 5.41) is 5.99. The van der Waals surface area contributed by atoms with Crippen molar-refractivity contribution in [3.63, 3.8) is 0 Å². The minimum absolute atomic E-state index is 0.0412. The smallest absolute Gasteiger partial charge is 0.231 e. The fourth-order valence-electron chi connectivity index (χ4n) is 2.02. The van der Waals surface area contributed by atoms with Crippen LogP contribution in [0.4, 0.5) is 0 Å². The van der Waals surface area contributed by atoms with E-state index >= 15 is 0 Å². The van der Waals surface area contributed by atoms with Gasteiger partial charge in [0, 0.05) is 12.5 Å². The third-order valence-corrected chi connectivity index (χ3v) is 3.21. The van der Waals surface area contributed by atoms with E-state index in [1.54, 1.807) is 0 Å². The molecule has 0 spiro atoms. The van der Waals surface area contributed by atoms with Crippen molar-refractivity contribution >= 4 is 5.91 Å². The summed E-state index contributed by atoms with van der Waals surface area (Å²) in [6.07, 6.45) is 0. The zero-order chi connectivity index (χ0) is 13.8. The van der Waals surface area contributed by atoms with E-state index in [0.717, 1.165) is 17.1 Å². The molecule has 0 aromatic heterocycles. The van der Waals surface area contributed by atoms with E-state index in [0.29, 0.717) is 6.54 Å². The average molecular weight is 264 g/mol. The molecule has 1 aliphatic rings. The molecule has 5 nitrogen and oxygen atoms in total. The maximum Gasteiger partial charge on any atom is 0.231 e. The van der Waals surface area contributed by atoms with Crippen LogP contribution in [0.1, 0.15) is 25.5 Å². The van der Waals surface area contributed by atoms with Gasteiger partial charge in [0.1, 0.15) is 0 Å². The Balaban J connectivity index is 2.00. The molecule has 104 valence electrons. The highest BCUT2D eigenvalue weighted by Gasteiger charge is 2.18. The quantitative estimate of drug-likeness (QED) is 0.845. The Kier molecular flexibility index (Phi) is 4.27. The number of ether oxygens (including phenoxy) is 2. The van der Waals surface area contributed by atoms with E-state index in [1.165, 1.54) is 0 Å². The Morgan fingerprint density at radius 1 is 1.32 bits per heavy atom. The molecule has 2 N–H and O–H groups in total. The summed E-state index contributed by atoms with van der Waals surface area (Å²) in [4.78, 5) is 11.9. The van der Waals surface area contributed by atoms with Crippen molar-refractivity contribution in [2.75, 3.05) is 20.4 Å². The van der Waals surface area contributed by atoms with Crippen molar-refractivity contribution in [3.05, 3.63) is 23.8 Å². The Bertz CT molecular complexity index is 462. The minimum Gasteiger partial charge on any atom is -0.454 e. The second kappa shape index (κ2) is 5.93. The predicted molar refractivity (Wildman–Crippen MR) is 72.2 cm³/mol. The summed E-state index contributed by atoms with van der Waals surface area (Å²) in [5.41, 5.74) is 1.01. The first kappa shape index (κ1) is 13.7. The molecule has 0 bridgehead atoms. The van der Waals surface area contributed by atoms with Crippen LogP contribution in [0.25, 0.3) is 0 Å². The van der Waals surface area contributed by atoms with Crippen LogP contribution in [0.2, 0.25) is 0 Å². The van der Waals surface area contributed by atoms with Gasteiger partial charge in [-0.15, -0.1) is 0 Å². The van der Waals surface area contributed by atoms with Crippen molar-refractivity contribution in [3.8, 4) is 11.5 Å². The molecule has 0 radical (unpaired) electrons. The van der Waals surface area contributed by atoms with Gasteiger partial charge in [-0.1, -0.05) is 13.0 Å². The van der Waals surface area contributed by atoms with Crippen LogP contribution in [-0.4, -0.2) is 26.3 Å². The van der Waals surface area contributed by atoms with Gasteiger partial charge in [-0.05, 0) is 31.7 Å². The molecule has 2 unspecified atom stereocenters. The molecular formula is C14H20N2O3. The van der Waals surface area contributed by atoms with E-state index in [-0.39, 0.29) is 24.7 Å². The van der Waals surface area contributed by atoms with E-state index < -0.39 is 0 Å². The zero-order valence-electron chi connectivity index (χ0n) is 11.5. The van der Waals surface area contributed by atoms with Gasteiger partial charge < -0.3 is 20.1 Å². The predicted octanol–water partition coefficient (Wildman–Crippen LogP) is 1.45. The molecule has 0 aliphatic carbocycles. The second-order valence-electron chi connectivity index (χ2n) is 4.80. The standard InChI is InChI=1S/C14H20N2O3/c1-9(7-15-3)14(17)16-10(2)11-4-5-12-13(6-11)19-8-18-12/h4-6,9-10,15H,7-8H2,1-3H3,(H,16,17). The van der Waals surface area contributed by atoms with E-state index in [9.17, 15) is 4.79 Å². The number of nitrogens with one attached hydrogen (secondary N) is 2. The molecule has 19 heavy (non-hydrogen) atoms. The summed E-state index contributed by atoms with van der Waals surface area (Å²) in [7, 11) is 1.84. The van der Waals surface area contributed by atoms with Crippen LogP contribution in [0.15, 0.2) is 18.2 Å². The Morgan fingerprint density at radius 3 is 2.79 bits per heavy atom. The zero-order valence-corrected chi connectivity index (χ0v) is 11.5. The fraction of sp³-hybridized carbons (Fsp3) is 0.500. The number of amides is 1. The van der Waals surface area contributed by atoms with Gasteiger partial charge in [0.25, 0.3) is 0 Å². The Morgan fingerprint density at radius 2 is 2.05 bits per heavy atom. The maximum atomic E-state index is 11.9. The minimum atomic E-state index is -0.0543. The number of carbonyl (C=O) groups excluding carboxylic acids is 1. The highest BCUT2D eigenvalue weighted by Crippen LogP contribution is 2.34. The van der Waals surface area contributed by atoms with E-state index in [4.69, 9.17) is 9.47 Å². The molecule has 2 atom stereocenters. The monoisotopic (exact) mass is 264 g/mol. The molecule has 1 amide bonds. The van der Waals surface area contributed by atoms with Gasteiger partial charge in [-0.2, -0.15) is 0 Å². The molecule has 0 fully saturated rings. The topological polar surface area (TPSA) is 59.6 Å². The maximum absolute atomic E-state index is 11.9. The molecule has 5 heteroatoms. The Labute approximate surface area is 113 Å². The summed E-state index contributed by atoms with van der Waals surface area (Å²) in [6.45, 7) is 4.79. The number of carbonyl (C=O) groups is 1. The molecule has 1 heterocycles. The van der Waals surface area contributed by atoms with Crippen molar-refractivity contribution in [1.82, 2.24) is 10.6 Å². The van der Waals surface area contributed by atoms with Crippen LogP contribution in [-0.2, 0) is 4.79 Å². The van der Waals surface area contributed by atoms with E-state index in [1.807, 2.05) is 39.1 Å². The third kappa shape index (κ3) is 3.17. The Hall–Kier alpha value is -1.75. The van der Waals surface area contributed by atoms with Crippen molar-refractivity contribution in [1.29, 1.82) is 0 Å². The van der Waals surface area contributed by atoms with Gasteiger partial charge in [0.15, 0.2) is 11.5 Å². The lowest BCUT2D eigenvalue weighted by Crippen LogP contribution is -2.35. The van der Waals surface area contributed by atoms with E-state index in [2.05, 4.69) is 10.6 Å². The van der Waals surface area contributed by atoms with Crippen LogP contribution >= 0.6 is 0 Å². The lowest BCUT2D eigenvalue weighted by atomic mass is 10.1. The largest absolute Gasteiger partial charge is 0.454 e. The van der Waals surface area contributed by atoms with Gasteiger partial charge in [-0.3, -0.25) is 4.79 Å². The number of rotatable bonds is 5. The molecule has 2 rings (SSSR count). The highest BCUT2D eigenvalue weighted by atomic mass is 16.7. The highest BCUT2D eigenvalue weighted by molar-refractivity contribution is 5.79. The van der Waals surface area contributed by atoms with Crippen LogP contribution in [0, 0.1) is 5.92 Å². The fourth-order valence-corrected chi connectivity index (χ4v) is 2.02. The van der Waals surface area contributed by atoms with Gasteiger partial charge in [0.2, 0.25) is 12.7 Å². The normalized spacial score (nSPS) is 15.9. The van der Waals surface area contributed by atoms with Crippen LogP contribution < -0.4 is 20.1 Å². The first-order valence-electron chi connectivity index (χ1n) is 6.46. The van der Waals surface area contributed by atoms with Gasteiger partial charge in [-0.25, -0.2) is 0 Å². The SMILES string of the molecule is CNCC(C)C(=O)NC(C)c1ccc2c(c1)OCO2. The first-order chi connectivity index (χ1) is 9.11. The lowest BCUT2D eigenvalue weighted by Gasteiger charge is -2.18. The first-order valence-corrected chi connectivity index (χ1v) is 6.46. The molecule has 1 aromatic rings. The number of hydrogen-bond donors (Lipinski definition) is 2. The lowest BCUT2D eigenvalue weighted by molar-refractivity contribution is -0.125. The van der Waals surface area contributed by atoms with Crippen LogP contribution in [0.3, 0.4) is 0 Å². The average Bonchev–Trinajstić information content (AvgIpc) is 2.85. The molecular weight excluding hydrogens is 244 g/mol. The second-order valence-corrected chi connectivity index (χ2v) is 4.80. The number of benzene rings is 1. The molecule has 0 saturated heterocycles. The summed E-state index contributed by atoms with van der Waals surface area (Å²) >= 11 is 0. The molecule has 0 saturated carbocycles. The third-order valence-electron chi connectivity index (χ3n) is 3.21.